The molecule has 30 heavy (non-hydrogen) atoms. The molecular weight excluding hydrogens is 376 g/mol. The number of hydrogen-bond acceptors (Lipinski definition) is 4. The van der Waals surface area contributed by atoms with Crippen molar-refractivity contribution in [2.45, 2.75) is 40.0 Å². The van der Waals surface area contributed by atoms with Crippen LogP contribution in [0.3, 0.4) is 0 Å². The second-order valence-electron chi connectivity index (χ2n) is 9.15. The van der Waals surface area contributed by atoms with E-state index >= 15 is 0 Å². The Hall–Kier alpha value is -2.47. The third-order valence-electron chi connectivity index (χ3n) is 6.20. The first kappa shape index (κ1) is 20.8. The molecule has 2 aliphatic rings. The van der Waals surface area contributed by atoms with Crippen molar-refractivity contribution in [2.75, 3.05) is 38.0 Å². The summed E-state index contributed by atoms with van der Waals surface area (Å²) in [6.45, 7) is 10.7. The molecule has 2 fully saturated rings. The van der Waals surface area contributed by atoms with Crippen molar-refractivity contribution in [1.82, 2.24) is 14.8 Å². The van der Waals surface area contributed by atoms with Gasteiger partial charge in [-0.15, -0.1) is 0 Å². The maximum atomic E-state index is 13.4. The minimum absolute atomic E-state index is 0.0228. The molecule has 1 aliphatic heterocycles. The van der Waals surface area contributed by atoms with Gasteiger partial charge in [0.25, 0.3) is 5.91 Å². The predicted molar refractivity (Wildman–Crippen MR) is 120 cm³/mol. The number of nitrogens with zero attached hydrogens (tertiary/aromatic N) is 3. The molecule has 0 spiro atoms. The smallest absolute Gasteiger partial charge is 0.254 e. The Morgan fingerprint density at radius 2 is 1.87 bits per heavy atom. The van der Waals surface area contributed by atoms with E-state index in [-0.39, 0.29) is 17.7 Å². The minimum atomic E-state index is 0.0228. The van der Waals surface area contributed by atoms with Crippen molar-refractivity contribution >= 4 is 28.4 Å². The number of aryl methyl sites for hydroxylation is 1. The number of fused-ring (bicyclic) bond motifs is 1. The van der Waals surface area contributed by atoms with Gasteiger partial charge in [0.05, 0.1) is 11.1 Å². The maximum absolute atomic E-state index is 13.4. The molecule has 6 nitrogen and oxygen atoms in total. The van der Waals surface area contributed by atoms with Crippen molar-refractivity contribution in [1.29, 1.82) is 0 Å². The number of rotatable bonds is 5. The van der Waals surface area contributed by atoms with Gasteiger partial charge in [-0.2, -0.15) is 0 Å². The van der Waals surface area contributed by atoms with Crippen LogP contribution in [0, 0.1) is 18.8 Å². The first-order valence-electron chi connectivity index (χ1n) is 11.1. The van der Waals surface area contributed by atoms with Crippen LogP contribution >= 0.6 is 0 Å². The van der Waals surface area contributed by atoms with Crippen LogP contribution in [0.1, 0.15) is 49.2 Å². The van der Waals surface area contributed by atoms with Crippen LogP contribution < -0.4 is 5.32 Å². The van der Waals surface area contributed by atoms with Gasteiger partial charge in [-0.3, -0.25) is 19.5 Å². The molecule has 0 unspecified atom stereocenters. The molecule has 1 saturated heterocycles. The van der Waals surface area contributed by atoms with Gasteiger partial charge in [-0.25, -0.2) is 0 Å². The Kier molecular flexibility index (Phi) is 6.04. The third kappa shape index (κ3) is 4.48. The number of carbonyl (C=O) groups is 2. The zero-order valence-corrected chi connectivity index (χ0v) is 18.3. The molecular formula is C24H32N4O2. The fraction of sp³-hybridized carbons (Fsp3) is 0.542. The fourth-order valence-electron chi connectivity index (χ4n) is 4.32. The lowest BCUT2D eigenvalue weighted by Crippen LogP contribution is -2.49. The Morgan fingerprint density at radius 1 is 1.13 bits per heavy atom. The minimum Gasteiger partial charge on any atom is -0.336 e. The third-order valence-corrected chi connectivity index (χ3v) is 6.20. The van der Waals surface area contributed by atoms with E-state index < -0.39 is 0 Å². The topological polar surface area (TPSA) is 65.5 Å². The quantitative estimate of drug-likeness (QED) is 0.819. The Morgan fingerprint density at radius 3 is 2.50 bits per heavy atom. The van der Waals surface area contributed by atoms with E-state index in [1.54, 1.807) is 0 Å². The molecule has 2 amide bonds. The Balaban J connectivity index is 1.58. The highest BCUT2D eigenvalue weighted by Crippen LogP contribution is 2.29. The maximum Gasteiger partial charge on any atom is 0.254 e. The number of carbonyl (C=O) groups excluding carboxylic acids is 2. The summed E-state index contributed by atoms with van der Waals surface area (Å²) in [6, 6.07) is 7.62. The van der Waals surface area contributed by atoms with Crippen molar-refractivity contribution in [3.8, 4) is 0 Å². The first-order chi connectivity index (χ1) is 14.4. The SMILES string of the molecule is Cc1ccc2c(C(=O)N3CCN(CC(C)C)CC3)cc(NC(=O)C3CCC3)cc2n1. The van der Waals surface area contributed by atoms with E-state index in [2.05, 4.69) is 29.0 Å². The van der Waals surface area contributed by atoms with E-state index in [0.717, 1.165) is 68.6 Å². The number of amides is 2. The molecule has 0 atom stereocenters. The lowest BCUT2D eigenvalue weighted by Gasteiger charge is -2.35. The average Bonchev–Trinajstić information content (AvgIpc) is 2.65. The summed E-state index contributed by atoms with van der Waals surface area (Å²) < 4.78 is 0. The highest BCUT2D eigenvalue weighted by molar-refractivity contribution is 6.08. The molecule has 0 bridgehead atoms. The van der Waals surface area contributed by atoms with Gasteiger partial charge in [0.15, 0.2) is 0 Å². The fourth-order valence-corrected chi connectivity index (χ4v) is 4.32. The number of piperazine rings is 1. The van der Waals surface area contributed by atoms with Crippen LogP contribution in [-0.2, 0) is 4.79 Å². The Labute approximate surface area is 178 Å². The lowest BCUT2D eigenvalue weighted by atomic mass is 9.85. The number of benzene rings is 1. The number of aromatic nitrogens is 1. The van der Waals surface area contributed by atoms with Crippen LogP contribution in [0.25, 0.3) is 10.9 Å². The zero-order chi connectivity index (χ0) is 21.3. The molecule has 160 valence electrons. The molecule has 1 aromatic carbocycles. The molecule has 6 heteroatoms. The van der Waals surface area contributed by atoms with Gasteiger partial charge in [-0.1, -0.05) is 26.3 Å². The highest BCUT2D eigenvalue weighted by atomic mass is 16.2. The van der Waals surface area contributed by atoms with Crippen LogP contribution in [0.4, 0.5) is 5.69 Å². The number of pyridine rings is 1. The predicted octanol–water partition coefficient (Wildman–Crippen LogP) is 3.70. The van der Waals surface area contributed by atoms with Crippen LogP contribution in [0.5, 0.6) is 0 Å². The molecule has 1 saturated carbocycles. The van der Waals surface area contributed by atoms with Crippen molar-refractivity contribution in [3.05, 3.63) is 35.5 Å². The summed E-state index contributed by atoms with van der Waals surface area (Å²) in [5.41, 5.74) is 2.94. The Bertz CT molecular complexity index is 944. The summed E-state index contributed by atoms with van der Waals surface area (Å²) in [5.74, 6) is 0.796. The zero-order valence-electron chi connectivity index (χ0n) is 18.3. The van der Waals surface area contributed by atoms with E-state index in [1.807, 2.05) is 36.1 Å². The van der Waals surface area contributed by atoms with E-state index in [4.69, 9.17) is 0 Å². The summed E-state index contributed by atoms with van der Waals surface area (Å²) in [6.07, 6.45) is 3.01. The van der Waals surface area contributed by atoms with Gasteiger partial charge in [0.2, 0.25) is 5.91 Å². The van der Waals surface area contributed by atoms with Gasteiger partial charge in [0.1, 0.15) is 0 Å². The lowest BCUT2D eigenvalue weighted by molar-refractivity contribution is -0.122. The summed E-state index contributed by atoms with van der Waals surface area (Å²) in [7, 11) is 0. The summed E-state index contributed by atoms with van der Waals surface area (Å²) in [5, 5.41) is 3.87. The van der Waals surface area contributed by atoms with Crippen molar-refractivity contribution in [3.63, 3.8) is 0 Å². The van der Waals surface area contributed by atoms with Gasteiger partial charge < -0.3 is 10.2 Å². The van der Waals surface area contributed by atoms with E-state index in [9.17, 15) is 9.59 Å². The number of nitrogens with one attached hydrogen (secondary N) is 1. The normalized spacial score (nSPS) is 17.9. The van der Waals surface area contributed by atoms with Crippen LogP contribution in [0.2, 0.25) is 0 Å². The van der Waals surface area contributed by atoms with Crippen molar-refractivity contribution < 1.29 is 9.59 Å². The van der Waals surface area contributed by atoms with Gasteiger partial charge in [0, 0.05) is 55.4 Å². The largest absolute Gasteiger partial charge is 0.336 e. The summed E-state index contributed by atoms with van der Waals surface area (Å²) in [4.78, 5) is 34.9. The van der Waals surface area contributed by atoms with Crippen molar-refractivity contribution in [2.24, 2.45) is 11.8 Å². The van der Waals surface area contributed by atoms with E-state index in [1.165, 1.54) is 0 Å². The monoisotopic (exact) mass is 408 g/mol. The van der Waals surface area contributed by atoms with Crippen LogP contribution in [-0.4, -0.2) is 59.3 Å². The molecule has 1 N–H and O–H groups in total. The molecule has 0 radical (unpaired) electrons. The molecule has 1 aromatic heterocycles. The average molecular weight is 409 g/mol. The number of hydrogen-bond donors (Lipinski definition) is 1. The second kappa shape index (κ2) is 8.72. The molecule has 2 aromatic rings. The molecule has 1 aliphatic carbocycles. The van der Waals surface area contributed by atoms with Gasteiger partial charge in [-0.05, 0) is 43.9 Å². The molecule has 4 rings (SSSR count). The van der Waals surface area contributed by atoms with E-state index in [0.29, 0.717) is 17.2 Å². The standard InChI is InChI=1S/C24H32N4O2/c1-16(2)15-27-9-11-28(12-10-27)24(30)21-13-19(26-23(29)18-5-4-6-18)14-22-20(21)8-7-17(3)25-22/h7-8,13-14,16,18H,4-6,9-12,15H2,1-3H3,(H,26,29). The molecule has 2 heterocycles. The first-order valence-corrected chi connectivity index (χ1v) is 11.1. The summed E-state index contributed by atoms with van der Waals surface area (Å²) >= 11 is 0. The number of anilines is 1. The van der Waals surface area contributed by atoms with Crippen LogP contribution in [0.15, 0.2) is 24.3 Å². The highest BCUT2D eigenvalue weighted by Gasteiger charge is 2.27. The van der Waals surface area contributed by atoms with Gasteiger partial charge >= 0.3 is 0 Å². The second-order valence-corrected chi connectivity index (χ2v) is 9.15.